The summed E-state index contributed by atoms with van der Waals surface area (Å²) in [6.07, 6.45) is 4.55. The summed E-state index contributed by atoms with van der Waals surface area (Å²) >= 11 is 1.56. The van der Waals surface area contributed by atoms with E-state index in [4.69, 9.17) is 0 Å². The molecule has 1 aliphatic heterocycles. The molecule has 1 aromatic carbocycles. The number of carboxylic acid groups (broad SMARTS) is 1. The predicted octanol–water partition coefficient (Wildman–Crippen LogP) is 3.00. The summed E-state index contributed by atoms with van der Waals surface area (Å²) in [5, 5.41) is 18.6. The van der Waals surface area contributed by atoms with E-state index in [2.05, 4.69) is 14.8 Å². The van der Waals surface area contributed by atoms with Gasteiger partial charge in [-0.2, -0.15) is 0 Å². The van der Waals surface area contributed by atoms with Crippen LogP contribution in [-0.4, -0.2) is 25.8 Å². The first kappa shape index (κ1) is 14.1. The zero-order valence-corrected chi connectivity index (χ0v) is 12.5. The van der Waals surface area contributed by atoms with Crippen molar-refractivity contribution in [2.24, 2.45) is 0 Å². The molecule has 0 atom stereocenters. The third-order valence-corrected chi connectivity index (χ3v) is 4.70. The number of aromatic carboxylic acids is 1. The van der Waals surface area contributed by atoms with E-state index in [1.165, 1.54) is 12.8 Å². The van der Waals surface area contributed by atoms with Crippen molar-refractivity contribution in [2.45, 2.75) is 43.1 Å². The molecular formula is C15H17N3O2S. The highest BCUT2D eigenvalue weighted by Crippen LogP contribution is 2.26. The van der Waals surface area contributed by atoms with Crippen LogP contribution in [0.5, 0.6) is 0 Å². The quantitative estimate of drug-likeness (QED) is 0.879. The van der Waals surface area contributed by atoms with Crippen molar-refractivity contribution in [2.75, 3.05) is 0 Å². The average molecular weight is 303 g/mol. The number of rotatable bonds is 4. The van der Waals surface area contributed by atoms with Gasteiger partial charge in [0.1, 0.15) is 5.82 Å². The van der Waals surface area contributed by atoms with Crippen LogP contribution in [0.2, 0.25) is 0 Å². The van der Waals surface area contributed by atoms with Crippen molar-refractivity contribution < 1.29 is 9.90 Å². The molecule has 21 heavy (non-hydrogen) atoms. The molecule has 0 unspecified atom stereocenters. The summed E-state index contributed by atoms with van der Waals surface area (Å²) in [6, 6.07) is 7.12. The molecule has 0 saturated carbocycles. The Bertz CT molecular complexity index is 654. The molecule has 1 N–H and O–H groups in total. The van der Waals surface area contributed by atoms with Crippen molar-refractivity contribution >= 4 is 17.7 Å². The molecule has 3 rings (SSSR count). The van der Waals surface area contributed by atoms with E-state index in [-0.39, 0.29) is 0 Å². The zero-order valence-electron chi connectivity index (χ0n) is 11.7. The van der Waals surface area contributed by atoms with Crippen LogP contribution >= 0.6 is 11.8 Å². The summed E-state index contributed by atoms with van der Waals surface area (Å²) in [6.45, 7) is 0.964. The van der Waals surface area contributed by atoms with E-state index in [1.807, 2.05) is 12.1 Å². The van der Waals surface area contributed by atoms with E-state index in [9.17, 15) is 9.90 Å². The third kappa shape index (κ3) is 3.10. The van der Waals surface area contributed by atoms with Crippen LogP contribution in [0.1, 0.15) is 41.0 Å². The number of nitrogens with zero attached hydrogens (tertiary/aromatic N) is 3. The van der Waals surface area contributed by atoms with Gasteiger partial charge in [0.15, 0.2) is 5.16 Å². The molecule has 0 spiro atoms. The lowest BCUT2D eigenvalue weighted by Crippen LogP contribution is -2.04. The van der Waals surface area contributed by atoms with Gasteiger partial charge in [0.2, 0.25) is 0 Å². The van der Waals surface area contributed by atoms with Crippen molar-refractivity contribution in [1.82, 2.24) is 14.8 Å². The van der Waals surface area contributed by atoms with E-state index in [1.54, 1.807) is 23.9 Å². The molecule has 0 saturated heterocycles. The lowest BCUT2D eigenvalue weighted by Gasteiger charge is -2.08. The summed E-state index contributed by atoms with van der Waals surface area (Å²) in [7, 11) is 0. The van der Waals surface area contributed by atoms with Gasteiger partial charge in [-0.1, -0.05) is 36.4 Å². The Morgan fingerprint density at radius 3 is 2.95 bits per heavy atom. The van der Waals surface area contributed by atoms with E-state index >= 15 is 0 Å². The number of aromatic nitrogens is 3. The molecule has 1 aliphatic rings. The number of fused-ring (bicyclic) bond motifs is 1. The van der Waals surface area contributed by atoms with E-state index in [0.29, 0.717) is 11.3 Å². The van der Waals surface area contributed by atoms with Gasteiger partial charge in [-0.3, -0.25) is 0 Å². The molecule has 1 aromatic heterocycles. The minimum Gasteiger partial charge on any atom is -0.478 e. The second-order valence-electron chi connectivity index (χ2n) is 5.11. The van der Waals surface area contributed by atoms with E-state index < -0.39 is 5.97 Å². The fraction of sp³-hybridized carbons (Fsp3) is 0.400. The fourth-order valence-electron chi connectivity index (χ4n) is 2.56. The highest BCUT2D eigenvalue weighted by atomic mass is 32.2. The first-order chi connectivity index (χ1) is 10.3. The van der Waals surface area contributed by atoms with Crippen LogP contribution in [0.15, 0.2) is 29.4 Å². The molecule has 5 nitrogen and oxygen atoms in total. The lowest BCUT2D eigenvalue weighted by atomic mass is 10.1. The van der Waals surface area contributed by atoms with Crippen molar-refractivity contribution in [1.29, 1.82) is 0 Å². The second-order valence-corrected chi connectivity index (χ2v) is 6.05. The van der Waals surface area contributed by atoms with Crippen LogP contribution in [0.25, 0.3) is 0 Å². The first-order valence-electron chi connectivity index (χ1n) is 7.12. The smallest absolute Gasteiger partial charge is 0.335 e. The number of aryl methyl sites for hydroxylation is 1. The Morgan fingerprint density at radius 2 is 2.10 bits per heavy atom. The maximum atomic E-state index is 11.2. The van der Waals surface area contributed by atoms with Crippen LogP contribution in [0.4, 0.5) is 0 Å². The molecule has 2 aromatic rings. The van der Waals surface area contributed by atoms with Crippen molar-refractivity contribution in [3.05, 3.63) is 41.2 Å². The Hall–Kier alpha value is -1.82. The molecule has 0 bridgehead atoms. The number of hydrogen-bond donors (Lipinski definition) is 1. The number of thioether (sulfide) groups is 1. The summed E-state index contributed by atoms with van der Waals surface area (Å²) in [4.78, 5) is 11.2. The lowest BCUT2D eigenvalue weighted by molar-refractivity contribution is 0.0696. The van der Waals surface area contributed by atoms with Crippen LogP contribution in [0.3, 0.4) is 0 Å². The minimum absolute atomic E-state index is 0.362. The van der Waals surface area contributed by atoms with Gasteiger partial charge in [0, 0.05) is 18.7 Å². The molecule has 2 heterocycles. The predicted molar refractivity (Wildman–Crippen MR) is 80.5 cm³/mol. The van der Waals surface area contributed by atoms with E-state index in [0.717, 1.165) is 35.9 Å². The molecule has 0 aliphatic carbocycles. The van der Waals surface area contributed by atoms with Crippen LogP contribution in [-0.2, 0) is 18.7 Å². The van der Waals surface area contributed by atoms with Crippen molar-refractivity contribution in [3.8, 4) is 0 Å². The molecular weight excluding hydrogens is 286 g/mol. The molecule has 0 fully saturated rings. The normalized spacial score (nSPS) is 14.5. The largest absolute Gasteiger partial charge is 0.478 e. The van der Waals surface area contributed by atoms with Gasteiger partial charge in [-0.25, -0.2) is 4.79 Å². The summed E-state index contributed by atoms with van der Waals surface area (Å²) < 4.78 is 2.18. The maximum Gasteiger partial charge on any atom is 0.335 e. The van der Waals surface area contributed by atoms with Crippen LogP contribution in [0, 0.1) is 0 Å². The Balaban J connectivity index is 1.77. The Morgan fingerprint density at radius 1 is 1.24 bits per heavy atom. The highest BCUT2D eigenvalue weighted by molar-refractivity contribution is 7.98. The Labute approximate surface area is 127 Å². The monoisotopic (exact) mass is 303 g/mol. The molecule has 0 amide bonds. The first-order valence-corrected chi connectivity index (χ1v) is 8.10. The topological polar surface area (TPSA) is 68.0 Å². The highest BCUT2D eigenvalue weighted by Gasteiger charge is 2.16. The van der Waals surface area contributed by atoms with Gasteiger partial charge in [0.25, 0.3) is 0 Å². The molecule has 110 valence electrons. The maximum absolute atomic E-state index is 11.2. The average Bonchev–Trinajstić information content (AvgIpc) is 2.72. The molecule has 6 heteroatoms. The standard InChI is InChI=1S/C15H17N3O2S/c19-14(20)12-7-4-3-6-11(12)10-21-15-17-16-13-8-2-1-5-9-18(13)15/h3-4,6-7H,1-2,5,8-10H2,(H,19,20). The summed E-state index contributed by atoms with van der Waals surface area (Å²) in [5.74, 6) is 0.772. The summed E-state index contributed by atoms with van der Waals surface area (Å²) in [5.41, 5.74) is 1.18. The van der Waals surface area contributed by atoms with Gasteiger partial charge < -0.3 is 9.67 Å². The fourth-order valence-corrected chi connectivity index (χ4v) is 3.55. The van der Waals surface area contributed by atoms with Gasteiger partial charge in [-0.05, 0) is 24.5 Å². The number of benzene rings is 1. The van der Waals surface area contributed by atoms with Crippen molar-refractivity contribution in [3.63, 3.8) is 0 Å². The van der Waals surface area contributed by atoms with Gasteiger partial charge in [0.05, 0.1) is 5.56 Å². The zero-order chi connectivity index (χ0) is 14.7. The van der Waals surface area contributed by atoms with Crippen LogP contribution < -0.4 is 0 Å². The SMILES string of the molecule is O=C(O)c1ccccc1CSc1nnc2n1CCCCC2. The number of hydrogen-bond acceptors (Lipinski definition) is 4. The van der Waals surface area contributed by atoms with Gasteiger partial charge >= 0.3 is 5.97 Å². The van der Waals surface area contributed by atoms with Gasteiger partial charge in [-0.15, -0.1) is 10.2 Å². The Kier molecular flexibility index (Phi) is 4.24. The minimum atomic E-state index is -0.883. The number of carbonyl (C=O) groups is 1. The second kappa shape index (κ2) is 6.30. The molecule has 0 radical (unpaired) electrons. The number of carboxylic acids is 1. The third-order valence-electron chi connectivity index (χ3n) is 3.68.